The lowest BCUT2D eigenvalue weighted by molar-refractivity contribution is 1.46. The van der Waals surface area contributed by atoms with Gasteiger partial charge in [0.05, 0.1) is 15.1 Å². The molecule has 0 nitrogen and oxygen atoms in total. The molecule has 0 saturated heterocycles. The molecule has 0 aliphatic carbocycles. The van der Waals surface area contributed by atoms with Crippen molar-refractivity contribution >= 4 is 46.4 Å². The lowest BCUT2D eigenvalue weighted by Gasteiger charge is -2.09. The van der Waals surface area contributed by atoms with Crippen molar-refractivity contribution in [3.8, 4) is 11.1 Å². The van der Waals surface area contributed by atoms with E-state index in [0.29, 0.717) is 20.1 Å². The molecule has 0 amide bonds. The first kappa shape index (κ1) is 13.0. The first-order chi connectivity index (χ1) is 7.99. The summed E-state index contributed by atoms with van der Waals surface area (Å²) in [5.74, 6) is 0. The summed E-state index contributed by atoms with van der Waals surface area (Å²) in [6.07, 6.45) is 0. The maximum atomic E-state index is 6.01. The van der Waals surface area contributed by atoms with Crippen molar-refractivity contribution in [3.05, 3.63) is 56.0 Å². The van der Waals surface area contributed by atoms with Gasteiger partial charge in [-0.05, 0) is 47.9 Å². The normalized spacial score (nSPS) is 10.6. The molecule has 0 heterocycles. The molecular formula is C13H8Cl4. The first-order valence-electron chi connectivity index (χ1n) is 4.90. The minimum atomic E-state index is 0.372. The molecule has 0 aromatic heterocycles. The Morgan fingerprint density at radius 3 is 2.00 bits per heavy atom. The van der Waals surface area contributed by atoms with Gasteiger partial charge in [-0.1, -0.05) is 52.5 Å². The Morgan fingerprint density at radius 2 is 1.41 bits per heavy atom. The Morgan fingerprint density at radius 1 is 0.824 bits per heavy atom. The summed E-state index contributed by atoms with van der Waals surface area (Å²) in [5.41, 5.74) is 3.01. The zero-order chi connectivity index (χ0) is 12.6. The summed E-state index contributed by atoms with van der Waals surface area (Å²) in [6, 6.07) is 9.25. The molecule has 0 saturated carbocycles. The van der Waals surface area contributed by atoms with Gasteiger partial charge in [0.15, 0.2) is 0 Å². The van der Waals surface area contributed by atoms with E-state index >= 15 is 0 Å². The van der Waals surface area contributed by atoms with Crippen LogP contribution in [0.5, 0.6) is 0 Å². The minimum Gasteiger partial charge on any atom is -0.0843 e. The predicted molar refractivity (Wildman–Crippen MR) is 76.7 cm³/mol. The Bertz CT molecular complexity index is 553. The molecule has 17 heavy (non-hydrogen) atoms. The van der Waals surface area contributed by atoms with Gasteiger partial charge in [-0.2, -0.15) is 0 Å². The van der Waals surface area contributed by atoms with Crippen LogP contribution in [0.3, 0.4) is 0 Å². The van der Waals surface area contributed by atoms with Crippen molar-refractivity contribution < 1.29 is 0 Å². The molecule has 0 spiro atoms. The van der Waals surface area contributed by atoms with Crippen molar-refractivity contribution in [1.29, 1.82) is 0 Å². The van der Waals surface area contributed by atoms with Gasteiger partial charge in [-0.15, -0.1) is 0 Å². The predicted octanol–water partition coefficient (Wildman–Crippen LogP) is 6.28. The van der Waals surface area contributed by atoms with Gasteiger partial charge >= 0.3 is 0 Å². The van der Waals surface area contributed by atoms with E-state index in [0.717, 1.165) is 16.7 Å². The van der Waals surface area contributed by atoms with Gasteiger partial charge in [0.2, 0.25) is 0 Å². The van der Waals surface area contributed by atoms with Crippen LogP contribution in [-0.2, 0) is 0 Å². The topological polar surface area (TPSA) is 0 Å². The Labute approximate surface area is 120 Å². The average Bonchev–Trinajstić information content (AvgIpc) is 2.28. The highest BCUT2D eigenvalue weighted by molar-refractivity contribution is 6.48. The second kappa shape index (κ2) is 5.07. The Hall–Kier alpha value is -0.400. The molecule has 0 radical (unpaired) electrons. The number of halogens is 4. The second-order valence-corrected chi connectivity index (χ2v) is 5.34. The average molecular weight is 306 g/mol. The molecule has 0 fully saturated rings. The van der Waals surface area contributed by atoms with Gasteiger partial charge in [0, 0.05) is 5.02 Å². The Balaban J connectivity index is 2.64. The van der Waals surface area contributed by atoms with Gasteiger partial charge in [-0.25, -0.2) is 0 Å². The van der Waals surface area contributed by atoms with Crippen molar-refractivity contribution in [1.82, 2.24) is 0 Å². The van der Waals surface area contributed by atoms with Gasteiger partial charge in [0.1, 0.15) is 0 Å². The second-order valence-electron chi connectivity index (χ2n) is 3.71. The molecule has 0 N–H and O–H groups in total. The van der Waals surface area contributed by atoms with Crippen molar-refractivity contribution in [2.75, 3.05) is 0 Å². The van der Waals surface area contributed by atoms with Crippen LogP contribution in [0.4, 0.5) is 0 Å². The van der Waals surface area contributed by atoms with Crippen LogP contribution in [0, 0.1) is 6.92 Å². The minimum absolute atomic E-state index is 0.372. The fraction of sp³-hybridized carbons (Fsp3) is 0.0769. The summed E-state index contributed by atoms with van der Waals surface area (Å²) < 4.78 is 0. The van der Waals surface area contributed by atoms with E-state index in [1.807, 2.05) is 25.1 Å². The summed E-state index contributed by atoms with van der Waals surface area (Å²) in [7, 11) is 0. The summed E-state index contributed by atoms with van der Waals surface area (Å²) >= 11 is 23.9. The molecule has 4 heteroatoms. The number of benzene rings is 2. The van der Waals surface area contributed by atoms with Gasteiger partial charge in [0.25, 0.3) is 0 Å². The zero-order valence-corrected chi connectivity index (χ0v) is 11.9. The molecule has 0 unspecified atom stereocenters. The maximum Gasteiger partial charge on any atom is 0.0778 e. The highest BCUT2D eigenvalue weighted by Gasteiger charge is 2.09. The molecule has 0 atom stereocenters. The molecular weight excluding hydrogens is 298 g/mol. The smallest absolute Gasteiger partial charge is 0.0778 e. The third-order valence-electron chi connectivity index (χ3n) is 2.49. The van der Waals surface area contributed by atoms with Crippen LogP contribution in [0.25, 0.3) is 11.1 Å². The standard InChI is InChI=1S/C13H8Cl4/c1-7-2-3-9(14)6-10(7)8-4-11(15)13(17)12(16)5-8/h2-6H,1H3. The quantitative estimate of drug-likeness (QED) is 0.544. The molecule has 2 aromatic carbocycles. The number of hydrogen-bond donors (Lipinski definition) is 0. The molecule has 0 aliphatic rings. The van der Waals surface area contributed by atoms with E-state index in [1.165, 1.54) is 0 Å². The first-order valence-corrected chi connectivity index (χ1v) is 6.41. The van der Waals surface area contributed by atoms with Crippen LogP contribution in [-0.4, -0.2) is 0 Å². The van der Waals surface area contributed by atoms with E-state index < -0.39 is 0 Å². The third kappa shape index (κ3) is 2.71. The van der Waals surface area contributed by atoms with Crippen LogP contribution >= 0.6 is 46.4 Å². The zero-order valence-electron chi connectivity index (χ0n) is 8.90. The number of hydrogen-bond acceptors (Lipinski definition) is 0. The lowest BCUT2D eigenvalue weighted by atomic mass is 10.0. The van der Waals surface area contributed by atoms with E-state index in [4.69, 9.17) is 46.4 Å². The van der Waals surface area contributed by atoms with Crippen molar-refractivity contribution in [2.45, 2.75) is 6.92 Å². The van der Waals surface area contributed by atoms with Crippen LogP contribution in [0.2, 0.25) is 20.1 Å². The third-order valence-corrected chi connectivity index (χ3v) is 3.93. The van der Waals surface area contributed by atoms with Crippen LogP contribution in [0.15, 0.2) is 30.3 Å². The largest absolute Gasteiger partial charge is 0.0843 e. The molecule has 0 bridgehead atoms. The molecule has 2 aromatic rings. The summed E-state index contributed by atoms with van der Waals surface area (Å²) in [5, 5.41) is 1.92. The fourth-order valence-corrected chi connectivity index (χ4v) is 2.38. The molecule has 2 rings (SSSR count). The van der Waals surface area contributed by atoms with Crippen molar-refractivity contribution in [2.24, 2.45) is 0 Å². The SMILES string of the molecule is Cc1ccc(Cl)cc1-c1cc(Cl)c(Cl)c(Cl)c1. The van der Waals surface area contributed by atoms with E-state index in [1.54, 1.807) is 12.1 Å². The lowest BCUT2D eigenvalue weighted by Crippen LogP contribution is -1.84. The summed E-state index contributed by atoms with van der Waals surface area (Å²) in [4.78, 5) is 0. The van der Waals surface area contributed by atoms with Gasteiger partial charge in [-0.3, -0.25) is 0 Å². The maximum absolute atomic E-state index is 6.01. The van der Waals surface area contributed by atoms with Crippen molar-refractivity contribution in [3.63, 3.8) is 0 Å². The van der Waals surface area contributed by atoms with Crippen LogP contribution in [0.1, 0.15) is 5.56 Å². The monoisotopic (exact) mass is 304 g/mol. The fourth-order valence-electron chi connectivity index (χ4n) is 1.62. The van der Waals surface area contributed by atoms with Gasteiger partial charge < -0.3 is 0 Å². The van der Waals surface area contributed by atoms with E-state index in [2.05, 4.69) is 0 Å². The number of aryl methyl sites for hydroxylation is 1. The van der Waals surface area contributed by atoms with E-state index in [-0.39, 0.29) is 0 Å². The number of rotatable bonds is 1. The molecule has 0 aliphatic heterocycles. The highest BCUT2D eigenvalue weighted by Crippen LogP contribution is 2.36. The Kier molecular flexibility index (Phi) is 3.89. The summed E-state index contributed by atoms with van der Waals surface area (Å²) in [6.45, 7) is 2.00. The highest BCUT2D eigenvalue weighted by atomic mass is 35.5. The van der Waals surface area contributed by atoms with E-state index in [9.17, 15) is 0 Å². The molecule has 88 valence electrons. The van der Waals surface area contributed by atoms with Crippen LogP contribution < -0.4 is 0 Å².